The Morgan fingerprint density at radius 3 is 2.25 bits per heavy atom. The Morgan fingerprint density at radius 1 is 0.875 bits per heavy atom. The number of methoxy groups -OCH3 is 1. The molecule has 0 aliphatic heterocycles. The van der Waals surface area contributed by atoms with Crippen molar-refractivity contribution in [3.8, 4) is 11.5 Å². The summed E-state index contributed by atoms with van der Waals surface area (Å²) in [7, 11) is 1.65. The van der Waals surface area contributed by atoms with Gasteiger partial charge in [-0.15, -0.1) is 0 Å². The van der Waals surface area contributed by atoms with Crippen LogP contribution in [0.25, 0.3) is 11.2 Å². The van der Waals surface area contributed by atoms with Crippen LogP contribution in [0.3, 0.4) is 0 Å². The van der Waals surface area contributed by atoms with Gasteiger partial charge in [0.2, 0.25) is 0 Å². The second-order valence-corrected chi connectivity index (χ2v) is 10.00. The lowest BCUT2D eigenvalue weighted by molar-refractivity contribution is -0.0393. The number of fused-ring (bicyclic) bond motifs is 1. The minimum absolute atomic E-state index is 0.452. The monoisotopic (exact) mass is 537 g/mol. The number of imidazole rings is 1. The molecule has 0 bridgehead atoms. The molecule has 8 heteroatoms. The van der Waals surface area contributed by atoms with E-state index in [1.54, 1.807) is 13.4 Å². The molecule has 0 unspecified atom stereocenters. The molecule has 0 radical (unpaired) electrons. The first kappa shape index (κ1) is 27.1. The van der Waals surface area contributed by atoms with Gasteiger partial charge in [-0.05, 0) is 49.6 Å². The number of rotatable bonds is 11. The third-order valence-corrected chi connectivity index (χ3v) is 6.64. The SMILES string of the molecule is CCN=c1ncn(Cc2ccc(OC)c(OCc3ccccc3)c2)c2nc(C(C)(C)OCc3ccccc3)[nH]c12. The predicted octanol–water partition coefficient (Wildman–Crippen LogP) is 5.77. The van der Waals surface area contributed by atoms with Crippen molar-refractivity contribution in [2.75, 3.05) is 13.7 Å². The Morgan fingerprint density at radius 2 is 1.57 bits per heavy atom. The van der Waals surface area contributed by atoms with E-state index in [0.717, 1.165) is 27.9 Å². The molecule has 0 amide bonds. The second kappa shape index (κ2) is 12.2. The van der Waals surface area contributed by atoms with E-state index in [1.165, 1.54) is 0 Å². The second-order valence-electron chi connectivity index (χ2n) is 10.00. The van der Waals surface area contributed by atoms with Gasteiger partial charge in [-0.1, -0.05) is 66.7 Å². The van der Waals surface area contributed by atoms with Crippen molar-refractivity contribution in [3.63, 3.8) is 0 Å². The lowest BCUT2D eigenvalue weighted by Gasteiger charge is -2.23. The van der Waals surface area contributed by atoms with E-state index in [4.69, 9.17) is 19.2 Å². The lowest BCUT2D eigenvalue weighted by Crippen LogP contribution is -2.23. The Kier molecular flexibility index (Phi) is 8.26. The Bertz CT molecular complexity index is 1630. The zero-order valence-electron chi connectivity index (χ0n) is 23.4. The Hall–Kier alpha value is -4.43. The molecule has 0 aliphatic rings. The summed E-state index contributed by atoms with van der Waals surface area (Å²) in [5.74, 6) is 2.09. The third-order valence-electron chi connectivity index (χ3n) is 6.64. The average Bonchev–Trinajstić information content (AvgIpc) is 3.45. The molecule has 0 saturated heterocycles. The smallest absolute Gasteiger partial charge is 0.176 e. The molecule has 0 atom stereocenters. The van der Waals surface area contributed by atoms with Crippen LogP contribution in [-0.4, -0.2) is 33.2 Å². The van der Waals surface area contributed by atoms with Crippen molar-refractivity contribution < 1.29 is 14.2 Å². The quantitative estimate of drug-likeness (QED) is 0.231. The first-order valence-corrected chi connectivity index (χ1v) is 13.4. The van der Waals surface area contributed by atoms with Crippen molar-refractivity contribution in [1.82, 2.24) is 19.5 Å². The van der Waals surface area contributed by atoms with Crippen LogP contribution in [-0.2, 0) is 30.1 Å². The molecule has 5 rings (SSSR count). The number of nitrogens with zero attached hydrogens (tertiary/aromatic N) is 4. The maximum atomic E-state index is 6.31. The molecule has 1 N–H and O–H groups in total. The van der Waals surface area contributed by atoms with E-state index < -0.39 is 5.60 Å². The normalized spacial score (nSPS) is 12.2. The standard InChI is InChI=1S/C32H35N5O3/c1-5-33-29-28-30(36-31(35-28)32(2,3)40-21-24-14-10-7-11-15-24)37(22-34-29)19-25-16-17-26(38-4)27(18-25)39-20-23-12-8-6-9-13-23/h6-18,22H,5,19-21H2,1-4H3,(H,35,36). The molecular formula is C32H35N5O3. The first-order valence-electron chi connectivity index (χ1n) is 13.4. The molecule has 5 aromatic rings. The van der Waals surface area contributed by atoms with Crippen LogP contribution in [0, 0.1) is 0 Å². The third kappa shape index (κ3) is 6.24. The summed E-state index contributed by atoms with van der Waals surface area (Å²) in [5, 5.41) is 0. The van der Waals surface area contributed by atoms with E-state index >= 15 is 0 Å². The minimum atomic E-state index is -0.658. The Labute approximate surface area is 234 Å². The highest BCUT2D eigenvalue weighted by Gasteiger charge is 2.27. The van der Waals surface area contributed by atoms with Gasteiger partial charge in [0.05, 0.1) is 26.6 Å². The number of aromatic nitrogens is 4. The van der Waals surface area contributed by atoms with E-state index in [9.17, 15) is 0 Å². The zero-order chi connectivity index (χ0) is 28.0. The van der Waals surface area contributed by atoms with Crippen LogP contribution in [0.5, 0.6) is 11.5 Å². The number of benzene rings is 3. The summed E-state index contributed by atoms with van der Waals surface area (Å²) < 4.78 is 20.0. The number of nitrogens with one attached hydrogen (secondary N) is 1. The van der Waals surface area contributed by atoms with Gasteiger partial charge in [-0.25, -0.2) is 9.97 Å². The maximum absolute atomic E-state index is 6.31. The van der Waals surface area contributed by atoms with Crippen LogP contribution in [0.2, 0.25) is 0 Å². The van der Waals surface area contributed by atoms with E-state index in [2.05, 4.69) is 27.1 Å². The van der Waals surface area contributed by atoms with E-state index in [0.29, 0.717) is 49.1 Å². The number of hydrogen-bond donors (Lipinski definition) is 1. The molecule has 2 aromatic heterocycles. The van der Waals surface area contributed by atoms with E-state index in [1.807, 2.05) is 92.1 Å². The van der Waals surface area contributed by atoms with Crippen molar-refractivity contribution in [1.29, 1.82) is 0 Å². The summed E-state index contributed by atoms with van der Waals surface area (Å²) in [6.07, 6.45) is 1.79. The van der Waals surface area contributed by atoms with Crippen LogP contribution in [0.4, 0.5) is 0 Å². The van der Waals surface area contributed by atoms with E-state index in [-0.39, 0.29) is 0 Å². The topological polar surface area (TPSA) is 86.6 Å². The molecule has 8 nitrogen and oxygen atoms in total. The van der Waals surface area contributed by atoms with Crippen molar-refractivity contribution in [2.24, 2.45) is 4.99 Å². The summed E-state index contributed by atoms with van der Waals surface area (Å²) >= 11 is 0. The van der Waals surface area contributed by atoms with Gasteiger partial charge in [0.1, 0.15) is 23.5 Å². The zero-order valence-corrected chi connectivity index (χ0v) is 23.4. The summed E-state index contributed by atoms with van der Waals surface area (Å²) in [6.45, 7) is 8.11. The van der Waals surface area contributed by atoms with Crippen LogP contribution >= 0.6 is 0 Å². The van der Waals surface area contributed by atoms with Gasteiger partial charge in [-0.3, -0.25) is 4.99 Å². The molecule has 40 heavy (non-hydrogen) atoms. The average molecular weight is 538 g/mol. The summed E-state index contributed by atoms with van der Waals surface area (Å²) in [4.78, 5) is 17.7. The Balaban J connectivity index is 1.44. The van der Waals surface area contributed by atoms with Gasteiger partial charge < -0.3 is 23.8 Å². The highest BCUT2D eigenvalue weighted by molar-refractivity contribution is 5.70. The van der Waals surface area contributed by atoms with Gasteiger partial charge >= 0.3 is 0 Å². The maximum Gasteiger partial charge on any atom is 0.176 e. The fourth-order valence-corrected chi connectivity index (χ4v) is 4.41. The minimum Gasteiger partial charge on any atom is -0.493 e. The van der Waals surface area contributed by atoms with Gasteiger partial charge in [0.15, 0.2) is 22.6 Å². The summed E-state index contributed by atoms with van der Waals surface area (Å²) in [6, 6.07) is 26.2. The molecule has 0 spiro atoms. The molecule has 206 valence electrons. The lowest BCUT2D eigenvalue weighted by atomic mass is 10.1. The molecule has 0 aliphatic carbocycles. The molecular weight excluding hydrogens is 502 g/mol. The fraction of sp³-hybridized carbons (Fsp3) is 0.281. The highest BCUT2D eigenvalue weighted by atomic mass is 16.5. The predicted molar refractivity (Wildman–Crippen MR) is 155 cm³/mol. The number of H-pyrrole nitrogens is 1. The largest absolute Gasteiger partial charge is 0.493 e. The van der Waals surface area contributed by atoms with Gasteiger partial charge in [-0.2, -0.15) is 0 Å². The summed E-state index contributed by atoms with van der Waals surface area (Å²) in [5.41, 5.74) is 4.74. The number of ether oxygens (including phenoxy) is 3. The number of hydrogen-bond acceptors (Lipinski definition) is 6. The van der Waals surface area contributed by atoms with Crippen molar-refractivity contribution in [3.05, 3.63) is 113 Å². The van der Waals surface area contributed by atoms with Crippen LogP contribution in [0.15, 0.2) is 90.2 Å². The van der Waals surface area contributed by atoms with Crippen LogP contribution < -0.4 is 15.0 Å². The van der Waals surface area contributed by atoms with Gasteiger partial charge in [0, 0.05) is 6.54 Å². The fourth-order valence-electron chi connectivity index (χ4n) is 4.41. The number of aromatic amines is 1. The molecule has 2 heterocycles. The van der Waals surface area contributed by atoms with Gasteiger partial charge in [0.25, 0.3) is 0 Å². The first-order chi connectivity index (χ1) is 19.5. The molecule has 0 fully saturated rings. The molecule has 0 saturated carbocycles. The van der Waals surface area contributed by atoms with Crippen molar-refractivity contribution in [2.45, 2.75) is 46.1 Å². The molecule has 3 aromatic carbocycles. The van der Waals surface area contributed by atoms with Crippen molar-refractivity contribution >= 4 is 11.2 Å². The van der Waals surface area contributed by atoms with Crippen LogP contribution in [0.1, 0.15) is 43.3 Å². The highest BCUT2D eigenvalue weighted by Crippen LogP contribution is 2.30.